The Morgan fingerprint density at radius 2 is 1.94 bits per heavy atom. The van der Waals surface area contributed by atoms with Crippen LogP contribution in [0.3, 0.4) is 0 Å². The van der Waals surface area contributed by atoms with E-state index in [9.17, 15) is 19.4 Å². The van der Waals surface area contributed by atoms with Gasteiger partial charge < -0.3 is 20.1 Å². The fraction of sp³-hybridized carbons (Fsp3) is 0.308. The van der Waals surface area contributed by atoms with Crippen LogP contribution in [-0.2, 0) is 4.79 Å². The van der Waals surface area contributed by atoms with Crippen LogP contribution in [0.4, 0.5) is 4.39 Å². The second-order valence-electron chi connectivity index (χ2n) is 8.36. The maximum Gasteiger partial charge on any atom is 0.305 e. The lowest BCUT2D eigenvalue weighted by atomic mass is 9.92. The first kappa shape index (κ1) is 22.9. The van der Waals surface area contributed by atoms with E-state index in [2.05, 4.69) is 0 Å². The lowest BCUT2D eigenvalue weighted by molar-refractivity contribution is -0.139. The van der Waals surface area contributed by atoms with Crippen LogP contribution in [0.1, 0.15) is 42.9 Å². The minimum Gasteiger partial charge on any atom is -0.497 e. The number of aliphatic carboxylic acids is 1. The van der Waals surface area contributed by atoms with Gasteiger partial charge in [0.2, 0.25) is 0 Å². The number of ether oxygens (including phenoxy) is 1. The molecule has 1 aliphatic carbocycles. The third-order valence-corrected chi connectivity index (χ3v) is 5.77. The Bertz CT molecular complexity index is 1190. The van der Waals surface area contributed by atoms with Crippen LogP contribution in [0.25, 0.3) is 28.1 Å². The molecule has 2 unspecified atom stereocenters. The minimum absolute atomic E-state index is 0.0950. The summed E-state index contributed by atoms with van der Waals surface area (Å²) in [5.74, 6) is -0.498. The first-order chi connectivity index (χ1) is 15.9. The molecule has 3 aromatic rings. The van der Waals surface area contributed by atoms with Gasteiger partial charge in [-0.05, 0) is 48.7 Å². The Balaban J connectivity index is 1.84. The number of carbonyl (C=O) groups is 1. The predicted molar refractivity (Wildman–Crippen MR) is 124 cm³/mol. The number of carboxylic acids is 1. The zero-order chi connectivity index (χ0) is 23.5. The lowest BCUT2D eigenvalue weighted by Gasteiger charge is -2.17. The van der Waals surface area contributed by atoms with E-state index in [4.69, 9.17) is 14.8 Å². The predicted octanol–water partition coefficient (Wildman–Crippen LogP) is 4.53. The molecule has 1 heterocycles. The summed E-state index contributed by atoms with van der Waals surface area (Å²) in [4.78, 5) is 15.7. The van der Waals surface area contributed by atoms with Crippen LogP contribution in [0.2, 0.25) is 0 Å². The number of rotatable bonds is 9. The second kappa shape index (κ2) is 9.68. The van der Waals surface area contributed by atoms with Crippen molar-refractivity contribution in [2.75, 3.05) is 7.11 Å². The molecule has 1 aromatic heterocycles. The van der Waals surface area contributed by atoms with Gasteiger partial charge in [0.15, 0.2) is 0 Å². The largest absolute Gasteiger partial charge is 0.497 e. The van der Waals surface area contributed by atoms with Gasteiger partial charge >= 0.3 is 5.97 Å². The molecule has 0 spiro atoms. The summed E-state index contributed by atoms with van der Waals surface area (Å²) in [6, 6.07) is 11.9. The first-order valence-electron chi connectivity index (χ1n) is 10.9. The molecule has 0 saturated heterocycles. The topological polar surface area (TPSA) is 99.9 Å². The lowest BCUT2D eigenvalue weighted by Crippen LogP contribution is -2.19. The number of carboxylic acid groups (broad SMARTS) is 1. The Morgan fingerprint density at radius 3 is 2.58 bits per heavy atom. The molecule has 7 heteroatoms. The Hall–Kier alpha value is -3.29. The fourth-order valence-corrected chi connectivity index (χ4v) is 4.02. The number of benzene rings is 2. The van der Waals surface area contributed by atoms with Crippen LogP contribution in [0.5, 0.6) is 5.75 Å². The van der Waals surface area contributed by atoms with E-state index < -0.39 is 24.6 Å². The summed E-state index contributed by atoms with van der Waals surface area (Å²) in [7, 11) is 1.59. The van der Waals surface area contributed by atoms with E-state index in [1.165, 1.54) is 12.1 Å². The van der Waals surface area contributed by atoms with Gasteiger partial charge in [-0.1, -0.05) is 24.3 Å². The zero-order valence-electron chi connectivity index (χ0n) is 18.2. The molecule has 0 bridgehead atoms. The van der Waals surface area contributed by atoms with Gasteiger partial charge in [0, 0.05) is 28.9 Å². The maximum atomic E-state index is 13.7. The second-order valence-corrected chi connectivity index (χ2v) is 8.36. The number of hydrogen-bond donors (Lipinski definition) is 3. The van der Waals surface area contributed by atoms with Crippen molar-refractivity contribution in [3.05, 3.63) is 65.6 Å². The Kier molecular flexibility index (Phi) is 6.72. The SMILES string of the molecule is COc1ccc2nc(C3CC3)c(/C=C/C(O)CC(O)CC(=O)O)c(-c3ccc(F)cc3)c2c1. The number of fused-ring (bicyclic) bond motifs is 1. The monoisotopic (exact) mass is 451 g/mol. The van der Waals surface area contributed by atoms with Gasteiger partial charge in [0.25, 0.3) is 0 Å². The highest BCUT2D eigenvalue weighted by molar-refractivity contribution is 6.00. The van der Waals surface area contributed by atoms with E-state index in [0.717, 1.165) is 46.1 Å². The Morgan fingerprint density at radius 1 is 1.21 bits per heavy atom. The molecule has 0 amide bonds. The molecule has 2 atom stereocenters. The number of methoxy groups -OCH3 is 1. The fourth-order valence-electron chi connectivity index (χ4n) is 4.02. The van der Waals surface area contributed by atoms with Gasteiger partial charge in [-0.25, -0.2) is 4.39 Å². The van der Waals surface area contributed by atoms with Crippen LogP contribution in [-0.4, -0.2) is 45.6 Å². The minimum atomic E-state index is -1.15. The third-order valence-electron chi connectivity index (χ3n) is 5.77. The van der Waals surface area contributed by atoms with Crippen molar-refractivity contribution in [2.24, 2.45) is 0 Å². The number of hydrogen-bond acceptors (Lipinski definition) is 5. The van der Waals surface area contributed by atoms with Gasteiger partial charge in [-0.15, -0.1) is 0 Å². The average molecular weight is 451 g/mol. The summed E-state index contributed by atoms with van der Waals surface area (Å²) in [6.07, 6.45) is 2.63. The zero-order valence-corrected chi connectivity index (χ0v) is 18.2. The number of aromatic nitrogens is 1. The summed E-state index contributed by atoms with van der Waals surface area (Å²) in [5, 5.41) is 29.9. The van der Waals surface area contributed by atoms with Gasteiger partial charge in [-0.3, -0.25) is 9.78 Å². The quantitative estimate of drug-likeness (QED) is 0.442. The van der Waals surface area contributed by atoms with Crippen molar-refractivity contribution >= 4 is 22.9 Å². The number of aliphatic hydroxyl groups is 2. The average Bonchev–Trinajstić information content (AvgIpc) is 3.62. The highest BCUT2D eigenvalue weighted by Crippen LogP contribution is 2.45. The Labute approximate surface area is 191 Å². The molecule has 3 N–H and O–H groups in total. The number of pyridine rings is 1. The first-order valence-corrected chi connectivity index (χ1v) is 10.9. The molecule has 4 rings (SSSR count). The number of nitrogens with zero attached hydrogens (tertiary/aromatic N) is 1. The maximum absolute atomic E-state index is 13.7. The molecule has 1 saturated carbocycles. The number of aliphatic hydroxyl groups excluding tert-OH is 2. The summed E-state index contributed by atoms with van der Waals surface area (Å²) >= 11 is 0. The molecular weight excluding hydrogens is 425 g/mol. The normalized spacial score (nSPS) is 15.6. The molecule has 6 nitrogen and oxygen atoms in total. The van der Waals surface area contributed by atoms with Gasteiger partial charge in [0.05, 0.1) is 36.9 Å². The smallest absolute Gasteiger partial charge is 0.305 e. The molecule has 1 fully saturated rings. The molecular formula is C26H26FNO5. The van der Waals surface area contributed by atoms with Crippen molar-refractivity contribution < 1.29 is 29.2 Å². The number of halogens is 1. The highest BCUT2D eigenvalue weighted by Gasteiger charge is 2.30. The van der Waals surface area contributed by atoms with E-state index in [-0.39, 0.29) is 12.2 Å². The van der Waals surface area contributed by atoms with Crippen molar-refractivity contribution in [1.29, 1.82) is 0 Å². The van der Waals surface area contributed by atoms with E-state index >= 15 is 0 Å². The highest BCUT2D eigenvalue weighted by atomic mass is 19.1. The summed E-state index contributed by atoms with van der Waals surface area (Å²) in [6.45, 7) is 0. The van der Waals surface area contributed by atoms with Crippen LogP contribution < -0.4 is 4.74 Å². The molecule has 1 aliphatic rings. The van der Waals surface area contributed by atoms with Crippen LogP contribution in [0, 0.1) is 5.82 Å². The van der Waals surface area contributed by atoms with Crippen LogP contribution >= 0.6 is 0 Å². The van der Waals surface area contributed by atoms with Crippen molar-refractivity contribution in [3.63, 3.8) is 0 Å². The standard InChI is InChI=1S/C26H26FNO5/c1-33-20-9-11-23-22(14-20)25(15-4-6-17(27)7-5-15)21(26(28-23)16-2-3-16)10-8-18(29)12-19(30)13-24(31)32/h4-11,14,16,18-19,29-30H,2-3,12-13H2,1H3,(H,31,32)/b10-8+. The molecule has 0 radical (unpaired) electrons. The molecule has 0 aliphatic heterocycles. The van der Waals surface area contributed by atoms with Gasteiger partial charge in [-0.2, -0.15) is 0 Å². The summed E-state index contributed by atoms with van der Waals surface area (Å²) < 4.78 is 19.1. The van der Waals surface area contributed by atoms with Crippen molar-refractivity contribution in [3.8, 4) is 16.9 Å². The van der Waals surface area contributed by atoms with E-state index in [0.29, 0.717) is 11.7 Å². The van der Waals surface area contributed by atoms with Crippen molar-refractivity contribution in [2.45, 2.75) is 43.8 Å². The molecule has 172 valence electrons. The third kappa shape index (κ3) is 5.38. The van der Waals surface area contributed by atoms with E-state index in [1.807, 2.05) is 18.2 Å². The van der Waals surface area contributed by atoms with E-state index in [1.54, 1.807) is 31.4 Å². The van der Waals surface area contributed by atoms with Gasteiger partial charge in [0.1, 0.15) is 11.6 Å². The molecule has 2 aromatic carbocycles. The molecule has 33 heavy (non-hydrogen) atoms. The van der Waals surface area contributed by atoms with Crippen molar-refractivity contribution in [1.82, 2.24) is 4.98 Å². The summed E-state index contributed by atoms with van der Waals surface area (Å²) in [5.41, 5.74) is 4.18. The van der Waals surface area contributed by atoms with Crippen LogP contribution in [0.15, 0.2) is 48.5 Å².